The summed E-state index contributed by atoms with van der Waals surface area (Å²) >= 11 is 6.17. The largest absolute Gasteiger partial charge is 0.491 e. The van der Waals surface area contributed by atoms with Crippen LogP contribution in [0.15, 0.2) is 48.0 Å². The minimum Gasteiger partial charge on any atom is -0.491 e. The van der Waals surface area contributed by atoms with Gasteiger partial charge in [-0.15, -0.1) is 0 Å². The molecule has 1 aliphatic carbocycles. The van der Waals surface area contributed by atoms with E-state index in [1.54, 1.807) is 5.57 Å². The average Bonchev–Trinajstić information content (AvgIpc) is 3.02. The summed E-state index contributed by atoms with van der Waals surface area (Å²) in [4.78, 5) is 17.1. The highest BCUT2D eigenvalue weighted by molar-refractivity contribution is 6.30. The molecule has 3 aliphatic rings. The van der Waals surface area contributed by atoms with E-state index in [-0.39, 0.29) is 5.97 Å². The van der Waals surface area contributed by atoms with Gasteiger partial charge >= 0.3 is 5.97 Å². The lowest BCUT2D eigenvalue weighted by molar-refractivity contribution is 0.0600. The summed E-state index contributed by atoms with van der Waals surface area (Å²) in [5.74, 6) is 0.452. The lowest BCUT2D eigenvalue weighted by Crippen LogP contribution is -2.53. The number of piperazine rings is 1. The van der Waals surface area contributed by atoms with Crippen LogP contribution in [0, 0.1) is 5.41 Å². The van der Waals surface area contributed by atoms with Gasteiger partial charge in [0.15, 0.2) is 0 Å². The maximum atomic E-state index is 12.0. The summed E-state index contributed by atoms with van der Waals surface area (Å²) in [5.41, 5.74) is 6.35. The van der Waals surface area contributed by atoms with Crippen molar-refractivity contribution in [2.45, 2.75) is 45.6 Å². The van der Waals surface area contributed by atoms with Crippen molar-refractivity contribution in [3.8, 4) is 5.75 Å². The van der Waals surface area contributed by atoms with Gasteiger partial charge < -0.3 is 14.4 Å². The molecule has 6 heteroatoms. The number of allylic oxidation sites excluding steroid dienone is 1. The van der Waals surface area contributed by atoms with E-state index in [4.69, 9.17) is 21.1 Å². The molecule has 1 saturated heterocycles. The number of carbonyl (C=O) groups excluding carboxylic acids is 1. The van der Waals surface area contributed by atoms with Crippen LogP contribution in [0.5, 0.6) is 5.75 Å². The monoisotopic (exact) mass is 494 g/mol. The van der Waals surface area contributed by atoms with Gasteiger partial charge in [-0.3, -0.25) is 4.90 Å². The number of halogens is 1. The second-order valence-corrected chi connectivity index (χ2v) is 11.3. The maximum absolute atomic E-state index is 12.0. The van der Waals surface area contributed by atoms with Crippen LogP contribution in [0.25, 0.3) is 5.57 Å². The lowest BCUT2D eigenvalue weighted by Gasteiger charge is -2.43. The number of carbonyl (C=O) groups is 1. The Hall–Kier alpha value is -2.50. The molecule has 0 aromatic heterocycles. The Labute approximate surface area is 213 Å². The number of fused-ring (bicyclic) bond motifs is 3. The summed E-state index contributed by atoms with van der Waals surface area (Å²) in [7, 11) is 1.41. The normalized spacial score (nSPS) is 22.1. The molecular weight excluding hydrogens is 460 g/mol. The minimum absolute atomic E-state index is 0.331. The van der Waals surface area contributed by atoms with E-state index in [2.05, 4.69) is 35.8 Å². The Balaban J connectivity index is 1.36. The SMILES string of the molecule is COC(=O)c1ccc2c(c1)OCCC1CN(CC3=C(c4ccc(Cl)cc4)CCC(C)(C)C3)CCN21. The van der Waals surface area contributed by atoms with Crippen LogP contribution < -0.4 is 9.64 Å². The first-order valence-corrected chi connectivity index (χ1v) is 13.0. The Morgan fingerprint density at radius 3 is 2.74 bits per heavy atom. The number of rotatable bonds is 4. The first-order chi connectivity index (χ1) is 16.8. The fraction of sp³-hybridized carbons (Fsp3) is 0.483. The van der Waals surface area contributed by atoms with Crippen LogP contribution in [0.3, 0.4) is 0 Å². The van der Waals surface area contributed by atoms with Gasteiger partial charge in [-0.25, -0.2) is 4.79 Å². The fourth-order valence-corrected chi connectivity index (χ4v) is 6.00. The summed E-state index contributed by atoms with van der Waals surface area (Å²) in [6, 6.07) is 14.4. The van der Waals surface area contributed by atoms with E-state index >= 15 is 0 Å². The minimum atomic E-state index is -0.331. The van der Waals surface area contributed by atoms with E-state index in [1.807, 2.05) is 30.3 Å². The predicted octanol–water partition coefficient (Wildman–Crippen LogP) is 6.06. The molecule has 1 unspecified atom stereocenters. The van der Waals surface area contributed by atoms with Crippen LogP contribution in [0.1, 0.15) is 55.5 Å². The van der Waals surface area contributed by atoms with E-state index in [0.717, 1.165) is 61.9 Å². The van der Waals surface area contributed by atoms with Crippen molar-refractivity contribution in [1.29, 1.82) is 0 Å². The van der Waals surface area contributed by atoms with Gasteiger partial charge in [-0.05, 0) is 66.1 Å². The molecule has 1 fully saturated rings. The highest BCUT2D eigenvalue weighted by Gasteiger charge is 2.34. The second-order valence-electron chi connectivity index (χ2n) is 10.8. The van der Waals surface area contributed by atoms with E-state index < -0.39 is 0 Å². The average molecular weight is 495 g/mol. The highest BCUT2D eigenvalue weighted by Crippen LogP contribution is 2.43. The first kappa shape index (κ1) is 24.2. The smallest absolute Gasteiger partial charge is 0.337 e. The molecule has 1 atom stereocenters. The van der Waals surface area contributed by atoms with Crippen molar-refractivity contribution in [3.63, 3.8) is 0 Å². The number of esters is 1. The number of benzene rings is 2. The van der Waals surface area contributed by atoms with Gasteiger partial charge in [0, 0.05) is 43.7 Å². The Morgan fingerprint density at radius 1 is 1.17 bits per heavy atom. The van der Waals surface area contributed by atoms with Gasteiger partial charge in [-0.1, -0.05) is 43.2 Å². The molecule has 2 heterocycles. The third kappa shape index (κ3) is 5.22. The predicted molar refractivity (Wildman–Crippen MR) is 141 cm³/mol. The molecule has 0 N–H and O–H groups in total. The molecule has 0 saturated carbocycles. The summed E-state index contributed by atoms with van der Waals surface area (Å²) < 4.78 is 11.0. The quantitative estimate of drug-likeness (QED) is 0.483. The second kappa shape index (κ2) is 9.87. The lowest BCUT2D eigenvalue weighted by atomic mass is 9.72. The number of hydrogen-bond donors (Lipinski definition) is 0. The molecule has 186 valence electrons. The molecule has 5 rings (SSSR count). The van der Waals surface area contributed by atoms with Crippen LogP contribution in [-0.4, -0.2) is 56.8 Å². The number of ether oxygens (including phenoxy) is 2. The molecule has 2 aromatic rings. The van der Waals surface area contributed by atoms with Crippen LogP contribution in [0.4, 0.5) is 5.69 Å². The molecule has 0 spiro atoms. The third-order valence-electron chi connectivity index (χ3n) is 7.74. The maximum Gasteiger partial charge on any atom is 0.337 e. The zero-order valence-corrected chi connectivity index (χ0v) is 21.7. The van der Waals surface area contributed by atoms with Gasteiger partial charge in [0.1, 0.15) is 5.75 Å². The van der Waals surface area contributed by atoms with Crippen LogP contribution >= 0.6 is 11.6 Å². The Morgan fingerprint density at radius 2 is 1.97 bits per heavy atom. The van der Waals surface area contributed by atoms with Crippen molar-refractivity contribution in [2.75, 3.05) is 44.8 Å². The molecule has 0 amide bonds. The standard InChI is InChI=1S/C29H35ClN2O3/c1-29(2)12-10-25(20-4-7-23(30)8-5-20)22(17-29)18-31-13-14-32-24(19-31)11-15-35-27-16-21(28(33)34-3)6-9-26(27)32/h4-9,16,24H,10-15,17-19H2,1-3H3. The molecule has 0 bridgehead atoms. The Bertz CT molecular complexity index is 1130. The zero-order valence-electron chi connectivity index (χ0n) is 21.0. The molecule has 5 nitrogen and oxygen atoms in total. The number of anilines is 1. The number of hydrogen-bond acceptors (Lipinski definition) is 5. The van der Waals surface area contributed by atoms with Crippen molar-refractivity contribution in [3.05, 3.63) is 64.2 Å². The molecule has 0 radical (unpaired) electrons. The first-order valence-electron chi connectivity index (χ1n) is 12.6. The fourth-order valence-electron chi connectivity index (χ4n) is 5.88. The molecule has 2 aromatic carbocycles. The molecular formula is C29H35ClN2O3. The van der Waals surface area contributed by atoms with Gasteiger partial charge in [-0.2, -0.15) is 0 Å². The summed E-state index contributed by atoms with van der Waals surface area (Å²) in [6.45, 7) is 9.42. The third-order valence-corrected chi connectivity index (χ3v) is 8.00. The molecule has 2 aliphatic heterocycles. The van der Waals surface area contributed by atoms with Gasteiger partial charge in [0.05, 0.1) is 25.0 Å². The van der Waals surface area contributed by atoms with Crippen molar-refractivity contribution in [1.82, 2.24) is 4.90 Å². The van der Waals surface area contributed by atoms with Gasteiger partial charge in [0.25, 0.3) is 0 Å². The van der Waals surface area contributed by atoms with Crippen molar-refractivity contribution < 1.29 is 14.3 Å². The van der Waals surface area contributed by atoms with Crippen LogP contribution in [0.2, 0.25) is 5.02 Å². The van der Waals surface area contributed by atoms with E-state index in [1.165, 1.54) is 24.7 Å². The van der Waals surface area contributed by atoms with Crippen molar-refractivity contribution >= 4 is 28.8 Å². The van der Waals surface area contributed by atoms with Crippen molar-refractivity contribution in [2.24, 2.45) is 5.41 Å². The summed E-state index contributed by atoms with van der Waals surface area (Å²) in [5, 5.41) is 0.790. The van der Waals surface area contributed by atoms with Gasteiger partial charge in [0.2, 0.25) is 0 Å². The Kier molecular flexibility index (Phi) is 6.82. The zero-order chi connectivity index (χ0) is 24.6. The topological polar surface area (TPSA) is 42.0 Å². The number of nitrogens with zero attached hydrogens (tertiary/aromatic N) is 2. The highest BCUT2D eigenvalue weighted by atomic mass is 35.5. The van der Waals surface area contributed by atoms with E-state index in [9.17, 15) is 4.79 Å². The van der Waals surface area contributed by atoms with E-state index in [0.29, 0.717) is 23.6 Å². The summed E-state index contributed by atoms with van der Waals surface area (Å²) in [6.07, 6.45) is 4.44. The molecule has 35 heavy (non-hydrogen) atoms. The number of methoxy groups -OCH3 is 1. The van der Waals surface area contributed by atoms with Crippen LogP contribution in [-0.2, 0) is 4.74 Å².